The van der Waals surface area contributed by atoms with Gasteiger partial charge in [0.1, 0.15) is 24.1 Å². The molecule has 0 amide bonds. The molecule has 2 heterocycles. The monoisotopic (exact) mass is 353 g/mol. The van der Waals surface area contributed by atoms with Gasteiger partial charge in [-0.15, -0.1) is 0 Å². The highest BCUT2D eigenvalue weighted by atomic mass is 19.4. The quantitative estimate of drug-likeness (QED) is 0.552. The largest absolute Gasteiger partial charge is 0.394 e. The summed E-state index contributed by atoms with van der Waals surface area (Å²) in [4.78, 5) is 15.4. The minimum absolute atomic E-state index is 0.0760. The van der Waals surface area contributed by atoms with E-state index in [9.17, 15) is 28.2 Å². The molecular formula is C13H18F3N3O5. The topological polar surface area (TPSA) is 131 Å². The predicted molar refractivity (Wildman–Crippen MR) is 74.9 cm³/mol. The van der Waals surface area contributed by atoms with E-state index in [0.717, 1.165) is 10.8 Å². The minimum Gasteiger partial charge on any atom is -0.394 e. The summed E-state index contributed by atoms with van der Waals surface area (Å²) < 4.78 is 42.7. The molecule has 1 aliphatic rings. The van der Waals surface area contributed by atoms with Crippen molar-refractivity contribution in [1.82, 2.24) is 9.55 Å². The second-order valence-electron chi connectivity index (χ2n) is 5.54. The van der Waals surface area contributed by atoms with E-state index in [0.29, 0.717) is 0 Å². The Hall–Kier alpha value is -1.69. The van der Waals surface area contributed by atoms with Crippen LogP contribution < -0.4 is 11.4 Å². The van der Waals surface area contributed by atoms with Crippen molar-refractivity contribution in [1.29, 1.82) is 0 Å². The summed E-state index contributed by atoms with van der Waals surface area (Å²) in [5.41, 5.74) is 4.86. The van der Waals surface area contributed by atoms with Gasteiger partial charge in [0.25, 0.3) is 0 Å². The van der Waals surface area contributed by atoms with E-state index in [-0.39, 0.29) is 24.2 Å². The van der Waals surface area contributed by atoms with Crippen LogP contribution in [-0.4, -0.2) is 56.0 Å². The number of aryl methyl sites for hydroxylation is 1. The molecule has 11 heteroatoms. The van der Waals surface area contributed by atoms with Crippen LogP contribution in [0.1, 0.15) is 24.6 Å². The number of hydrogen-bond acceptors (Lipinski definition) is 7. The Morgan fingerprint density at radius 1 is 1.33 bits per heavy atom. The average molecular weight is 353 g/mol. The smallest absolute Gasteiger partial charge is 0.389 e. The van der Waals surface area contributed by atoms with Crippen LogP contribution in [0.5, 0.6) is 0 Å². The number of anilines is 1. The van der Waals surface area contributed by atoms with Gasteiger partial charge in [-0.3, -0.25) is 4.57 Å². The Morgan fingerprint density at radius 3 is 2.54 bits per heavy atom. The lowest BCUT2D eigenvalue weighted by Gasteiger charge is -2.18. The van der Waals surface area contributed by atoms with Crippen LogP contribution >= 0.6 is 0 Å². The molecule has 1 saturated heterocycles. The van der Waals surface area contributed by atoms with E-state index in [2.05, 4.69) is 4.98 Å². The molecule has 0 saturated carbocycles. The zero-order valence-corrected chi connectivity index (χ0v) is 12.5. The first-order chi connectivity index (χ1) is 11.1. The van der Waals surface area contributed by atoms with Crippen LogP contribution in [0.15, 0.2) is 11.0 Å². The van der Waals surface area contributed by atoms with E-state index in [1.807, 2.05) is 0 Å². The lowest BCUT2D eigenvalue weighted by Crippen LogP contribution is -2.36. The Balaban J connectivity index is 2.22. The first-order valence-corrected chi connectivity index (χ1v) is 7.21. The summed E-state index contributed by atoms with van der Waals surface area (Å²) in [6, 6.07) is 0. The number of alkyl halides is 3. The Morgan fingerprint density at radius 2 is 2.00 bits per heavy atom. The Labute approximate surface area is 134 Å². The molecule has 0 bridgehead atoms. The number of nitrogen functional groups attached to an aromatic ring is 1. The second-order valence-corrected chi connectivity index (χ2v) is 5.54. The van der Waals surface area contributed by atoms with Gasteiger partial charge >= 0.3 is 11.9 Å². The van der Waals surface area contributed by atoms with Crippen LogP contribution in [0, 0.1) is 0 Å². The van der Waals surface area contributed by atoms with Gasteiger partial charge in [0.2, 0.25) is 0 Å². The number of nitrogens with zero attached hydrogens (tertiary/aromatic N) is 2. The van der Waals surface area contributed by atoms with E-state index in [1.165, 1.54) is 0 Å². The standard InChI is InChI=1S/C13H18F3N3O5/c14-13(15,16)3-1-2-6-4-19(12(23)18-10(6)17)11-9(22)8(21)7(5-20)24-11/h4,7-9,11,20-22H,1-3,5H2,(H2,17,18,23)/t7-,8-,9-,11-/m1/s1. The van der Waals surface area contributed by atoms with Gasteiger partial charge in [0.05, 0.1) is 6.61 Å². The van der Waals surface area contributed by atoms with Gasteiger partial charge in [-0.1, -0.05) is 0 Å². The van der Waals surface area contributed by atoms with E-state index in [4.69, 9.17) is 15.6 Å². The van der Waals surface area contributed by atoms with Crippen molar-refractivity contribution in [2.75, 3.05) is 12.3 Å². The van der Waals surface area contributed by atoms with Crippen LogP contribution in [0.25, 0.3) is 0 Å². The molecule has 5 N–H and O–H groups in total. The molecule has 136 valence electrons. The number of hydrogen-bond donors (Lipinski definition) is 4. The summed E-state index contributed by atoms with van der Waals surface area (Å²) in [6.45, 7) is -0.579. The highest BCUT2D eigenvalue weighted by Crippen LogP contribution is 2.29. The van der Waals surface area contributed by atoms with Gasteiger partial charge in [-0.2, -0.15) is 18.2 Å². The number of ether oxygens (including phenoxy) is 1. The molecule has 0 aliphatic carbocycles. The molecule has 0 unspecified atom stereocenters. The lowest BCUT2D eigenvalue weighted by atomic mass is 10.1. The molecule has 0 spiro atoms. The summed E-state index contributed by atoms with van der Waals surface area (Å²) in [5.74, 6) is -0.204. The lowest BCUT2D eigenvalue weighted by molar-refractivity contribution is -0.135. The van der Waals surface area contributed by atoms with E-state index >= 15 is 0 Å². The molecular weight excluding hydrogens is 335 g/mol. The van der Waals surface area contributed by atoms with Gasteiger partial charge in [0, 0.05) is 18.2 Å². The third-order valence-electron chi connectivity index (χ3n) is 3.76. The zero-order valence-electron chi connectivity index (χ0n) is 12.5. The van der Waals surface area contributed by atoms with Gasteiger partial charge in [0.15, 0.2) is 6.23 Å². The third-order valence-corrected chi connectivity index (χ3v) is 3.76. The van der Waals surface area contributed by atoms with Crippen LogP contribution in [0.4, 0.5) is 19.0 Å². The van der Waals surface area contributed by atoms with Gasteiger partial charge < -0.3 is 25.8 Å². The number of aliphatic hydroxyl groups excluding tert-OH is 3. The van der Waals surface area contributed by atoms with Crippen molar-refractivity contribution in [3.8, 4) is 0 Å². The molecule has 1 fully saturated rings. The maximum Gasteiger partial charge on any atom is 0.389 e. The van der Waals surface area contributed by atoms with E-state index in [1.54, 1.807) is 0 Å². The maximum atomic E-state index is 12.2. The fourth-order valence-corrected chi connectivity index (χ4v) is 2.49. The fraction of sp³-hybridized carbons (Fsp3) is 0.692. The summed E-state index contributed by atoms with van der Waals surface area (Å²) in [7, 11) is 0. The molecule has 1 aliphatic heterocycles. The number of aliphatic hydroxyl groups is 3. The second kappa shape index (κ2) is 7.05. The third kappa shape index (κ3) is 4.04. The number of aromatic nitrogens is 2. The number of nitrogens with two attached hydrogens (primary N) is 1. The maximum absolute atomic E-state index is 12.2. The van der Waals surface area contributed by atoms with E-state index < -0.39 is 49.4 Å². The average Bonchev–Trinajstić information content (AvgIpc) is 2.76. The number of halogens is 3. The van der Waals surface area contributed by atoms with Crippen molar-refractivity contribution in [2.24, 2.45) is 0 Å². The van der Waals surface area contributed by atoms with Crippen molar-refractivity contribution in [3.63, 3.8) is 0 Å². The number of rotatable bonds is 5. The van der Waals surface area contributed by atoms with Crippen LogP contribution in [0.3, 0.4) is 0 Å². The molecule has 1 aromatic heterocycles. The van der Waals surface area contributed by atoms with Crippen LogP contribution in [-0.2, 0) is 11.2 Å². The Bertz CT molecular complexity index is 636. The SMILES string of the molecule is Nc1nc(=O)n([C@@H]2O[C@H](CO)[C@@H](O)[C@H]2O)cc1CCCC(F)(F)F. The van der Waals surface area contributed by atoms with Crippen molar-refractivity contribution in [2.45, 2.75) is 50.0 Å². The summed E-state index contributed by atoms with van der Waals surface area (Å²) in [5, 5.41) is 28.7. The molecule has 8 nitrogen and oxygen atoms in total. The molecule has 0 aromatic carbocycles. The van der Waals surface area contributed by atoms with Crippen molar-refractivity contribution in [3.05, 3.63) is 22.2 Å². The normalized spacial score (nSPS) is 27.6. The van der Waals surface area contributed by atoms with Crippen LogP contribution in [0.2, 0.25) is 0 Å². The molecule has 4 atom stereocenters. The first-order valence-electron chi connectivity index (χ1n) is 7.21. The highest BCUT2D eigenvalue weighted by Gasteiger charge is 2.43. The Kier molecular flexibility index (Phi) is 5.48. The fourth-order valence-electron chi connectivity index (χ4n) is 2.49. The molecule has 24 heavy (non-hydrogen) atoms. The molecule has 1 aromatic rings. The summed E-state index contributed by atoms with van der Waals surface area (Å²) >= 11 is 0. The van der Waals surface area contributed by atoms with Gasteiger partial charge in [-0.25, -0.2) is 4.79 Å². The molecule has 2 rings (SSSR count). The first kappa shape index (κ1) is 18.6. The highest BCUT2D eigenvalue weighted by molar-refractivity contribution is 5.36. The predicted octanol–water partition coefficient (Wildman–Crippen LogP) is -0.678. The van der Waals surface area contributed by atoms with Crippen molar-refractivity contribution >= 4 is 5.82 Å². The van der Waals surface area contributed by atoms with Crippen molar-refractivity contribution < 1.29 is 33.2 Å². The minimum atomic E-state index is -4.31. The zero-order chi connectivity index (χ0) is 18.1. The molecule has 0 radical (unpaired) electrons. The van der Waals surface area contributed by atoms with Gasteiger partial charge in [-0.05, 0) is 12.8 Å². The summed E-state index contributed by atoms with van der Waals surface area (Å²) in [6.07, 6.45) is -9.83.